The predicted octanol–water partition coefficient (Wildman–Crippen LogP) is 0.326. The van der Waals surface area contributed by atoms with Crippen LogP contribution in [0.15, 0.2) is 24.5 Å². The summed E-state index contributed by atoms with van der Waals surface area (Å²) in [6, 6.07) is 3.40. The first kappa shape index (κ1) is 15.9. The van der Waals surface area contributed by atoms with Crippen molar-refractivity contribution in [2.45, 2.75) is 31.8 Å². The highest BCUT2D eigenvalue weighted by atomic mass is 16.7. The van der Waals surface area contributed by atoms with Gasteiger partial charge in [0.1, 0.15) is 0 Å². The van der Waals surface area contributed by atoms with Gasteiger partial charge in [-0.2, -0.15) is 0 Å². The Morgan fingerprint density at radius 2 is 2.30 bits per heavy atom. The number of carbonyl (C=O) groups excluding carboxylic acids is 2. The third kappa shape index (κ3) is 4.05. The maximum absolute atomic E-state index is 12.4. The third-order valence-corrected chi connectivity index (χ3v) is 4.20. The summed E-state index contributed by atoms with van der Waals surface area (Å²) in [6.07, 6.45) is 5.58. The van der Waals surface area contributed by atoms with Crippen LogP contribution in [0.3, 0.4) is 0 Å². The lowest BCUT2D eigenvalue weighted by Gasteiger charge is -2.36. The van der Waals surface area contributed by atoms with Gasteiger partial charge in [0.25, 0.3) is 0 Å². The number of hydroxylamine groups is 2. The standard InChI is InChI=1S/C16H22N4O3/c21-15(20-7-1-2-9-23-20)10-14-16(22)18-6-8-19(14)12-13-4-3-5-17-11-13/h3-5,11,14H,1-2,6-10,12H2,(H,18,22). The largest absolute Gasteiger partial charge is 0.353 e. The summed E-state index contributed by atoms with van der Waals surface area (Å²) < 4.78 is 0. The summed E-state index contributed by atoms with van der Waals surface area (Å²) in [5.74, 6) is -0.214. The first-order valence-electron chi connectivity index (χ1n) is 8.08. The van der Waals surface area contributed by atoms with Crippen molar-refractivity contribution in [1.29, 1.82) is 0 Å². The molecule has 1 aromatic heterocycles. The SMILES string of the molecule is O=C1NCCN(Cc2cccnc2)C1CC(=O)N1CCCCO1. The van der Waals surface area contributed by atoms with Crippen molar-refractivity contribution in [1.82, 2.24) is 20.3 Å². The van der Waals surface area contributed by atoms with Crippen molar-refractivity contribution in [3.63, 3.8) is 0 Å². The first-order chi connectivity index (χ1) is 11.2. The van der Waals surface area contributed by atoms with Crippen LogP contribution in [0, 0.1) is 0 Å². The van der Waals surface area contributed by atoms with E-state index in [-0.39, 0.29) is 18.2 Å². The number of hydrogen-bond donors (Lipinski definition) is 1. The number of aromatic nitrogens is 1. The van der Waals surface area contributed by atoms with Crippen LogP contribution in [0.5, 0.6) is 0 Å². The smallest absolute Gasteiger partial charge is 0.248 e. The Morgan fingerprint density at radius 3 is 3.04 bits per heavy atom. The second-order valence-electron chi connectivity index (χ2n) is 5.88. The zero-order valence-electron chi connectivity index (χ0n) is 13.1. The van der Waals surface area contributed by atoms with Crippen LogP contribution in [-0.2, 0) is 21.0 Å². The molecular weight excluding hydrogens is 296 g/mol. The van der Waals surface area contributed by atoms with Crippen LogP contribution in [0.25, 0.3) is 0 Å². The van der Waals surface area contributed by atoms with Crippen molar-refractivity contribution < 1.29 is 14.4 Å². The van der Waals surface area contributed by atoms with E-state index in [1.54, 1.807) is 12.4 Å². The minimum absolute atomic E-state index is 0.0921. The van der Waals surface area contributed by atoms with E-state index in [9.17, 15) is 9.59 Å². The van der Waals surface area contributed by atoms with Gasteiger partial charge in [-0.1, -0.05) is 6.07 Å². The van der Waals surface area contributed by atoms with E-state index in [1.807, 2.05) is 17.0 Å². The van der Waals surface area contributed by atoms with E-state index < -0.39 is 6.04 Å². The Hall–Kier alpha value is -1.99. The van der Waals surface area contributed by atoms with Crippen LogP contribution in [-0.4, -0.2) is 59.0 Å². The Kier molecular flexibility index (Phi) is 5.19. The topological polar surface area (TPSA) is 74.8 Å². The lowest BCUT2D eigenvalue weighted by Crippen LogP contribution is -2.56. The summed E-state index contributed by atoms with van der Waals surface area (Å²) in [5, 5.41) is 4.26. The molecule has 1 atom stereocenters. The van der Waals surface area contributed by atoms with Crippen LogP contribution in [0.2, 0.25) is 0 Å². The lowest BCUT2D eigenvalue weighted by molar-refractivity contribution is -0.198. The molecule has 2 fully saturated rings. The number of hydrogen-bond acceptors (Lipinski definition) is 5. The summed E-state index contributed by atoms with van der Waals surface area (Å²) in [5.41, 5.74) is 1.04. The molecule has 0 spiro atoms. The molecule has 2 aliphatic rings. The highest BCUT2D eigenvalue weighted by molar-refractivity contribution is 5.88. The molecule has 0 radical (unpaired) electrons. The molecule has 3 rings (SSSR count). The molecule has 7 nitrogen and oxygen atoms in total. The van der Waals surface area contributed by atoms with E-state index in [4.69, 9.17) is 4.84 Å². The van der Waals surface area contributed by atoms with Crippen LogP contribution < -0.4 is 5.32 Å². The maximum atomic E-state index is 12.4. The number of carbonyl (C=O) groups is 2. The van der Waals surface area contributed by atoms with Gasteiger partial charge < -0.3 is 5.32 Å². The minimum Gasteiger partial charge on any atom is -0.353 e. The Morgan fingerprint density at radius 1 is 1.39 bits per heavy atom. The van der Waals surface area contributed by atoms with E-state index in [0.717, 1.165) is 24.9 Å². The molecule has 7 heteroatoms. The number of piperazine rings is 1. The zero-order valence-corrected chi connectivity index (χ0v) is 13.1. The van der Waals surface area contributed by atoms with Gasteiger partial charge in [-0.15, -0.1) is 0 Å². The van der Waals surface area contributed by atoms with Gasteiger partial charge in [-0.25, -0.2) is 5.06 Å². The van der Waals surface area contributed by atoms with Gasteiger partial charge >= 0.3 is 0 Å². The first-order valence-corrected chi connectivity index (χ1v) is 8.08. The molecule has 0 aliphatic carbocycles. The highest BCUT2D eigenvalue weighted by Crippen LogP contribution is 2.16. The number of pyridine rings is 1. The fourth-order valence-corrected chi connectivity index (χ4v) is 2.96. The van der Waals surface area contributed by atoms with Gasteiger partial charge in [0.15, 0.2) is 0 Å². The summed E-state index contributed by atoms with van der Waals surface area (Å²) >= 11 is 0. The molecule has 1 aromatic rings. The second-order valence-corrected chi connectivity index (χ2v) is 5.88. The molecule has 2 aliphatic heterocycles. The maximum Gasteiger partial charge on any atom is 0.248 e. The second kappa shape index (κ2) is 7.52. The van der Waals surface area contributed by atoms with E-state index in [1.165, 1.54) is 5.06 Å². The fraction of sp³-hybridized carbons (Fsp3) is 0.562. The summed E-state index contributed by atoms with van der Waals surface area (Å²) in [6.45, 7) is 3.11. The van der Waals surface area contributed by atoms with Gasteiger partial charge in [0, 0.05) is 38.6 Å². The van der Waals surface area contributed by atoms with Crippen molar-refractivity contribution >= 4 is 11.8 Å². The molecule has 0 bridgehead atoms. The Labute approximate surface area is 135 Å². The molecule has 0 aromatic carbocycles. The predicted molar refractivity (Wildman–Crippen MR) is 83.0 cm³/mol. The van der Waals surface area contributed by atoms with Gasteiger partial charge in [0.2, 0.25) is 11.8 Å². The summed E-state index contributed by atoms with van der Waals surface area (Å²) in [7, 11) is 0. The molecule has 0 saturated carbocycles. The molecule has 3 heterocycles. The normalized spacial score (nSPS) is 22.7. The Bertz CT molecular complexity index is 546. The zero-order chi connectivity index (χ0) is 16.1. The quantitative estimate of drug-likeness (QED) is 0.866. The number of nitrogens with zero attached hydrogens (tertiary/aromatic N) is 3. The van der Waals surface area contributed by atoms with Crippen molar-refractivity contribution in [2.24, 2.45) is 0 Å². The van der Waals surface area contributed by atoms with Gasteiger partial charge in [-0.3, -0.25) is 24.3 Å². The monoisotopic (exact) mass is 318 g/mol. The van der Waals surface area contributed by atoms with E-state index in [2.05, 4.69) is 10.3 Å². The summed E-state index contributed by atoms with van der Waals surface area (Å²) in [4.78, 5) is 36.2. The number of nitrogens with one attached hydrogen (secondary N) is 1. The third-order valence-electron chi connectivity index (χ3n) is 4.20. The van der Waals surface area contributed by atoms with Crippen LogP contribution in [0.1, 0.15) is 24.8 Å². The molecule has 2 saturated heterocycles. The Balaban J connectivity index is 1.65. The van der Waals surface area contributed by atoms with Crippen molar-refractivity contribution in [3.05, 3.63) is 30.1 Å². The molecule has 2 amide bonds. The fourth-order valence-electron chi connectivity index (χ4n) is 2.96. The van der Waals surface area contributed by atoms with E-state index >= 15 is 0 Å². The number of amides is 2. The molecule has 1 N–H and O–H groups in total. The number of rotatable bonds is 4. The van der Waals surface area contributed by atoms with Crippen LogP contribution in [0.4, 0.5) is 0 Å². The molecule has 23 heavy (non-hydrogen) atoms. The molecule has 124 valence electrons. The van der Waals surface area contributed by atoms with E-state index in [0.29, 0.717) is 26.2 Å². The highest BCUT2D eigenvalue weighted by Gasteiger charge is 2.33. The van der Waals surface area contributed by atoms with Crippen molar-refractivity contribution in [3.8, 4) is 0 Å². The lowest BCUT2D eigenvalue weighted by atomic mass is 10.1. The average molecular weight is 318 g/mol. The van der Waals surface area contributed by atoms with Crippen LogP contribution >= 0.6 is 0 Å². The molecule has 1 unspecified atom stereocenters. The van der Waals surface area contributed by atoms with Gasteiger partial charge in [-0.05, 0) is 24.5 Å². The minimum atomic E-state index is -0.456. The van der Waals surface area contributed by atoms with Crippen molar-refractivity contribution in [2.75, 3.05) is 26.2 Å². The molecular formula is C16H22N4O3. The average Bonchev–Trinajstić information content (AvgIpc) is 2.59. The van der Waals surface area contributed by atoms with Gasteiger partial charge in [0.05, 0.1) is 19.1 Å².